The van der Waals surface area contributed by atoms with Gasteiger partial charge in [-0.05, 0) is 6.07 Å². The second-order valence-electron chi connectivity index (χ2n) is 3.87. The molecule has 0 unspecified atom stereocenters. The SMILES string of the molecule is Cl.Nc1ccn([C@H]2O[C@H](CO)[C@H](O)C2(F)F)c(=O)n1. The average Bonchev–Trinajstić information content (AvgIpc) is 2.52. The van der Waals surface area contributed by atoms with Crippen LogP contribution in [-0.4, -0.2) is 44.5 Å². The quantitative estimate of drug-likeness (QED) is 0.655. The van der Waals surface area contributed by atoms with Crippen LogP contribution in [0.25, 0.3) is 0 Å². The largest absolute Gasteiger partial charge is 0.394 e. The lowest BCUT2D eigenvalue weighted by Crippen LogP contribution is -2.41. The number of aliphatic hydroxyl groups is 2. The number of aliphatic hydroxyl groups excluding tert-OH is 2. The van der Waals surface area contributed by atoms with Crippen molar-refractivity contribution in [2.24, 2.45) is 0 Å². The van der Waals surface area contributed by atoms with Gasteiger partial charge in [0.15, 0.2) is 6.10 Å². The Kier molecular flexibility index (Phi) is 4.46. The third-order valence-electron chi connectivity index (χ3n) is 2.66. The van der Waals surface area contributed by atoms with Gasteiger partial charge in [0, 0.05) is 6.20 Å². The summed E-state index contributed by atoms with van der Waals surface area (Å²) in [5, 5.41) is 18.1. The number of nitrogens with two attached hydrogens (primary N) is 1. The van der Waals surface area contributed by atoms with Crippen LogP contribution < -0.4 is 11.4 Å². The van der Waals surface area contributed by atoms with E-state index in [0.29, 0.717) is 4.57 Å². The van der Waals surface area contributed by atoms with Crippen molar-refractivity contribution in [3.05, 3.63) is 22.7 Å². The normalized spacial score (nSPS) is 28.9. The van der Waals surface area contributed by atoms with Gasteiger partial charge in [-0.2, -0.15) is 13.8 Å². The molecule has 1 aliphatic heterocycles. The van der Waals surface area contributed by atoms with Crippen LogP contribution in [0, 0.1) is 0 Å². The topological polar surface area (TPSA) is 111 Å². The zero-order chi connectivity index (χ0) is 13.5. The molecule has 0 saturated carbocycles. The molecule has 0 amide bonds. The van der Waals surface area contributed by atoms with E-state index >= 15 is 0 Å². The fourth-order valence-corrected chi connectivity index (χ4v) is 1.72. The second kappa shape index (κ2) is 5.37. The molecule has 1 aromatic rings. The first-order valence-corrected chi connectivity index (χ1v) is 5.04. The number of hydrogen-bond acceptors (Lipinski definition) is 6. The molecule has 0 spiro atoms. The molecule has 108 valence electrons. The highest BCUT2D eigenvalue weighted by Crippen LogP contribution is 2.41. The summed E-state index contributed by atoms with van der Waals surface area (Å²) >= 11 is 0. The fraction of sp³-hybridized carbons (Fsp3) is 0.556. The van der Waals surface area contributed by atoms with Crippen molar-refractivity contribution >= 4 is 18.2 Å². The van der Waals surface area contributed by atoms with Gasteiger partial charge in [0.2, 0.25) is 6.23 Å². The van der Waals surface area contributed by atoms with E-state index in [1.165, 1.54) is 0 Å². The van der Waals surface area contributed by atoms with E-state index in [-0.39, 0.29) is 18.2 Å². The average molecular weight is 300 g/mol. The van der Waals surface area contributed by atoms with Gasteiger partial charge in [0.1, 0.15) is 11.9 Å². The van der Waals surface area contributed by atoms with E-state index in [4.69, 9.17) is 15.6 Å². The summed E-state index contributed by atoms with van der Waals surface area (Å²) in [7, 11) is 0. The third-order valence-corrected chi connectivity index (χ3v) is 2.66. The summed E-state index contributed by atoms with van der Waals surface area (Å²) in [4.78, 5) is 14.7. The molecule has 10 heteroatoms. The molecule has 2 rings (SSSR count). The molecule has 1 aliphatic rings. The molecule has 0 radical (unpaired) electrons. The highest BCUT2D eigenvalue weighted by molar-refractivity contribution is 5.85. The van der Waals surface area contributed by atoms with E-state index in [2.05, 4.69) is 4.98 Å². The molecule has 4 N–H and O–H groups in total. The van der Waals surface area contributed by atoms with Crippen LogP contribution in [0.15, 0.2) is 17.1 Å². The summed E-state index contributed by atoms with van der Waals surface area (Å²) in [6.45, 7) is -0.787. The van der Waals surface area contributed by atoms with Gasteiger partial charge in [0.05, 0.1) is 6.61 Å². The molecule has 1 fully saturated rings. The van der Waals surface area contributed by atoms with Crippen LogP contribution in [-0.2, 0) is 4.74 Å². The Balaban J connectivity index is 0.00000180. The lowest BCUT2D eigenvalue weighted by Gasteiger charge is -2.20. The van der Waals surface area contributed by atoms with Gasteiger partial charge >= 0.3 is 11.6 Å². The van der Waals surface area contributed by atoms with Crippen molar-refractivity contribution < 1.29 is 23.7 Å². The summed E-state index contributed by atoms with van der Waals surface area (Å²) in [6, 6.07) is 1.15. The molecule has 1 saturated heterocycles. The standard InChI is InChI=1S/C9H11F2N3O4.ClH/c10-9(11)6(16)4(3-15)18-7(9)14-2-1-5(12)13-8(14)17;/h1-2,4,6-7,15-16H,3H2,(H2,12,13,17);1H/t4-,6+,7+;/m1./s1. The molecule has 1 aromatic heterocycles. The molecule has 7 nitrogen and oxygen atoms in total. The van der Waals surface area contributed by atoms with Crippen LogP contribution in [0.1, 0.15) is 6.23 Å². The summed E-state index contributed by atoms with van der Waals surface area (Å²) in [5.74, 6) is -3.83. The molecular formula is C9H12ClF2N3O4. The number of alkyl halides is 2. The number of aromatic nitrogens is 2. The van der Waals surface area contributed by atoms with Gasteiger partial charge in [-0.3, -0.25) is 4.57 Å². The predicted molar refractivity (Wildman–Crippen MR) is 62.1 cm³/mol. The lowest BCUT2D eigenvalue weighted by molar-refractivity contribution is -0.140. The zero-order valence-corrected chi connectivity index (χ0v) is 10.3. The third kappa shape index (κ3) is 2.54. The van der Waals surface area contributed by atoms with E-state index in [1.807, 2.05) is 0 Å². The van der Waals surface area contributed by atoms with Gasteiger partial charge < -0.3 is 20.7 Å². The second-order valence-corrected chi connectivity index (χ2v) is 3.87. The summed E-state index contributed by atoms with van der Waals surface area (Å²) in [5.41, 5.74) is 4.21. The Bertz CT molecular complexity index is 512. The molecule has 0 bridgehead atoms. The van der Waals surface area contributed by atoms with Gasteiger partial charge in [0.25, 0.3) is 0 Å². The molecular weight excluding hydrogens is 288 g/mol. The van der Waals surface area contributed by atoms with Crippen molar-refractivity contribution in [1.82, 2.24) is 9.55 Å². The van der Waals surface area contributed by atoms with Gasteiger partial charge in [-0.1, -0.05) is 0 Å². The minimum Gasteiger partial charge on any atom is -0.394 e. The highest BCUT2D eigenvalue weighted by Gasteiger charge is 2.59. The number of anilines is 1. The van der Waals surface area contributed by atoms with Crippen LogP contribution in [0.2, 0.25) is 0 Å². The number of ether oxygens (including phenoxy) is 1. The Morgan fingerprint density at radius 3 is 2.68 bits per heavy atom. The Morgan fingerprint density at radius 2 is 2.21 bits per heavy atom. The molecule has 0 aromatic carbocycles. The molecule has 3 atom stereocenters. The minimum absolute atomic E-state index is 0. The zero-order valence-electron chi connectivity index (χ0n) is 9.44. The smallest absolute Gasteiger partial charge is 0.351 e. The fourth-order valence-electron chi connectivity index (χ4n) is 1.72. The number of hydrogen-bond donors (Lipinski definition) is 3. The first kappa shape index (κ1) is 15.8. The Labute approximate surface area is 112 Å². The van der Waals surface area contributed by atoms with Crippen molar-refractivity contribution in [1.29, 1.82) is 0 Å². The van der Waals surface area contributed by atoms with Crippen LogP contribution in [0.5, 0.6) is 0 Å². The number of halogens is 3. The predicted octanol–water partition coefficient (Wildman–Crippen LogP) is -0.867. The monoisotopic (exact) mass is 299 g/mol. The molecule has 2 heterocycles. The summed E-state index contributed by atoms with van der Waals surface area (Å²) < 4.78 is 32.7. The van der Waals surface area contributed by atoms with E-state index in [1.54, 1.807) is 0 Å². The lowest BCUT2D eigenvalue weighted by atomic mass is 10.1. The maximum Gasteiger partial charge on any atom is 0.351 e. The van der Waals surface area contributed by atoms with Gasteiger partial charge in [-0.25, -0.2) is 4.79 Å². The number of nitrogen functional groups attached to an aromatic ring is 1. The van der Waals surface area contributed by atoms with Crippen LogP contribution >= 0.6 is 12.4 Å². The first-order chi connectivity index (χ1) is 8.37. The van der Waals surface area contributed by atoms with Crippen molar-refractivity contribution in [2.45, 2.75) is 24.4 Å². The molecule has 0 aliphatic carbocycles. The Hall–Kier alpha value is -1.29. The van der Waals surface area contributed by atoms with Crippen molar-refractivity contribution in [2.75, 3.05) is 12.3 Å². The van der Waals surface area contributed by atoms with Crippen molar-refractivity contribution in [3.63, 3.8) is 0 Å². The maximum atomic E-state index is 13.7. The first-order valence-electron chi connectivity index (χ1n) is 5.04. The highest BCUT2D eigenvalue weighted by atomic mass is 35.5. The Morgan fingerprint density at radius 1 is 1.58 bits per heavy atom. The van der Waals surface area contributed by atoms with E-state index in [9.17, 15) is 18.7 Å². The minimum atomic E-state index is -3.71. The van der Waals surface area contributed by atoms with Crippen LogP contribution in [0.4, 0.5) is 14.6 Å². The summed E-state index contributed by atoms with van der Waals surface area (Å²) in [6.07, 6.45) is -4.69. The van der Waals surface area contributed by atoms with Gasteiger partial charge in [-0.15, -0.1) is 12.4 Å². The van der Waals surface area contributed by atoms with Crippen LogP contribution in [0.3, 0.4) is 0 Å². The maximum absolute atomic E-state index is 13.7. The number of rotatable bonds is 2. The van der Waals surface area contributed by atoms with Crippen molar-refractivity contribution in [3.8, 4) is 0 Å². The molecule has 19 heavy (non-hydrogen) atoms. The van der Waals surface area contributed by atoms with E-state index < -0.39 is 36.7 Å². The number of nitrogens with zero attached hydrogens (tertiary/aromatic N) is 2. The van der Waals surface area contributed by atoms with E-state index in [0.717, 1.165) is 12.3 Å².